The summed E-state index contributed by atoms with van der Waals surface area (Å²) in [6.07, 6.45) is 2.08. The summed E-state index contributed by atoms with van der Waals surface area (Å²) in [4.78, 5) is 0. The molecule has 0 spiro atoms. The molecule has 1 atom stereocenters. The van der Waals surface area contributed by atoms with Gasteiger partial charge < -0.3 is 5.32 Å². The molecular weight excluding hydrogens is 188 g/mol. The van der Waals surface area contributed by atoms with Crippen molar-refractivity contribution in [3.05, 3.63) is 0 Å². The molecule has 0 radical (unpaired) electrons. The molecule has 0 bridgehead atoms. The number of rotatable bonds is 2. The SMILES string of the molecule is CS(=O)(=O)NC1CCNC1.Cl. The smallest absolute Gasteiger partial charge is 0.208 e. The number of hydrogen-bond acceptors (Lipinski definition) is 3. The van der Waals surface area contributed by atoms with Gasteiger partial charge in [-0.05, 0) is 13.0 Å². The van der Waals surface area contributed by atoms with Gasteiger partial charge >= 0.3 is 0 Å². The van der Waals surface area contributed by atoms with Crippen LogP contribution in [0, 0.1) is 0 Å². The summed E-state index contributed by atoms with van der Waals surface area (Å²) in [7, 11) is -3.00. The van der Waals surface area contributed by atoms with E-state index in [1.807, 2.05) is 0 Å². The van der Waals surface area contributed by atoms with Crippen molar-refractivity contribution in [1.82, 2.24) is 10.0 Å². The quantitative estimate of drug-likeness (QED) is 0.621. The summed E-state index contributed by atoms with van der Waals surface area (Å²) >= 11 is 0. The number of nitrogens with one attached hydrogen (secondary N) is 2. The van der Waals surface area contributed by atoms with E-state index in [0.29, 0.717) is 0 Å². The molecule has 0 aromatic carbocycles. The van der Waals surface area contributed by atoms with Crippen LogP contribution in [0.2, 0.25) is 0 Å². The molecular formula is C5H13ClN2O2S. The van der Waals surface area contributed by atoms with Gasteiger partial charge in [0.05, 0.1) is 6.26 Å². The summed E-state index contributed by atoms with van der Waals surface area (Å²) in [6.45, 7) is 1.67. The molecule has 1 heterocycles. The molecule has 4 nitrogen and oxygen atoms in total. The average Bonchev–Trinajstić information content (AvgIpc) is 2.12. The van der Waals surface area contributed by atoms with Gasteiger partial charge in [-0.15, -0.1) is 12.4 Å². The molecule has 6 heteroatoms. The predicted octanol–water partition coefficient (Wildman–Crippen LogP) is -0.681. The van der Waals surface area contributed by atoms with E-state index in [2.05, 4.69) is 10.0 Å². The molecule has 0 aliphatic carbocycles. The van der Waals surface area contributed by atoms with Crippen LogP contribution in [0.3, 0.4) is 0 Å². The Kier molecular flexibility index (Phi) is 4.31. The minimum Gasteiger partial charge on any atom is -0.315 e. The lowest BCUT2D eigenvalue weighted by Gasteiger charge is -2.07. The molecule has 1 saturated heterocycles. The number of hydrogen-bond donors (Lipinski definition) is 2. The van der Waals surface area contributed by atoms with Gasteiger partial charge in [-0.3, -0.25) is 0 Å². The van der Waals surface area contributed by atoms with Gasteiger partial charge in [-0.2, -0.15) is 0 Å². The third kappa shape index (κ3) is 4.58. The topological polar surface area (TPSA) is 58.2 Å². The van der Waals surface area contributed by atoms with Crippen LogP contribution in [0.25, 0.3) is 0 Å². The van der Waals surface area contributed by atoms with Crippen molar-refractivity contribution in [2.24, 2.45) is 0 Å². The maximum absolute atomic E-state index is 10.6. The van der Waals surface area contributed by atoms with Gasteiger partial charge in [0.2, 0.25) is 10.0 Å². The molecule has 0 aromatic heterocycles. The van der Waals surface area contributed by atoms with Crippen LogP contribution >= 0.6 is 12.4 Å². The van der Waals surface area contributed by atoms with Gasteiger partial charge in [0, 0.05) is 12.6 Å². The molecule has 0 amide bonds. The molecule has 11 heavy (non-hydrogen) atoms. The van der Waals surface area contributed by atoms with Crippen LogP contribution in [0.4, 0.5) is 0 Å². The molecule has 0 aromatic rings. The Morgan fingerprint density at radius 2 is 2.18 bits per heavy atom. The lowest BCUT2D eigenvalue weighted by atomic mass is 10.3. The summed E-state index contributed by atoms with van der Waals surface area (Å²) in [6, 6.07) is 0.106. The van der Waals surface area contributed by atoms with E-state index in [1.54, 1.807) is 0 Å². The Hall–Kier alpha value is 0.160. The van der Waals surface area contributed by atoms with E-state index in [-0.39, 0.29) is 18.4 Å². The lowest BCUT2D eigenvalue weighted by Crippen LogP contribution is -2.35. The zero-order valence-corrected chi connectivity index (χ0v) is 7.96. The summed E-state index contributed by atoms with van der Waals surface area (Å²) in [5.41, 5.74) is 0. The zero-order valence-electron chi connectivity index (χ0n) is 6.33. The molecule has 68 valence electrons. The highest BCUT2D eigenvalue weighted by molar-refractivity contribution is 7.88. The van der Waals surface area contributed by atoms with Crippen LogP contribution in [0.5, 0.6) is 0 Å². The third-order valence-electron chi connectivity index (χ3n) is 1.44. The fourth-order valence-corrected chi connectivity index (χ4v) is 1.86. The first kappa shape index (κ1) is 11.2. The van der Waals surface area contributed by atoms with Gasteiger partial charge in [0.25, 0.3) is 0 Å². The van der Waals surface area contributed by atoms with Crippen molar-refractivity contribution in [3.63, 3.8) is 0 Å². The van der Waals surface area contributed by atoms with E-state index in [4.69, 9.17) is 0 Å². The van der Waals surface area contributed by atoms with Gasteiger partial charge in [-0.1, -0.05) is 0 Å². The van der Waals surface area contributed by atoms with Crippen molar-refractivity contribution in [3.8, 4) is 0 Å². The second kappa shape index (κ2) is 4.25. The monoisotopic (exact) mass is 200 g/mol. The molecule has 1 aliphatic rings. The van der Waals surface area contributed by atoms with Crippen molar-refractivity contribution in [2.75, 3.05) is 19.3 Å². The van der Waals surface area contributed by atoms with Gasteiger partial charge in [0.15, 0.2) is 0 Å². The third-order valence-corrected chi connectivity index (χ3v) is 2.20. The van der Waals surface area contributed by atoms with Crippen LogP contribution < -0.4 is 10.0 Å². The van der Waals surface area contributed by atoms with Gasteiger partial charge in [0.1, 0.15) is 0 Å². The first-order chi connectivity index (χ1) is 4.58. The standard InChI is InChI=1S/C5H12N2O2S.ClH/c1-10(8,9)7-5-2-3-6-4-5;/h5-7H,2-4H2,1H3;1H. The fourth-order valence-electron chi connectivity index (χ4n) is 1.06. The van der Waals surface area contributed by atoms with Crippen molar-refractivity contribution in [1.29, 1.82) is 0 Å². The second-order valence-corrected chi connectivity index (χ2v) is 4.36. The van der Waals surface area contributed by atoms with Crippen molar-refractivity contribution < 1.29 is 8.42 Å². The lowest BCUT2D eigenvalue weighted by molar-refractivity contribution is 0.566. The van der Waals surface area contributed by atoms with Gasteiger partial charge in [-0.25, -0.2) is 13.1 Å². The largest absolute Gasteiger partial charge is 0.315 e. The Morgan fingerprint density at radius 3 is 2.55 bits per heavy atom. The highest BCUT2D eigenvalue weighted by Crippen LogP contribution is 1.97. The molecule has 2 N–H and O–H groups in total. The Bertz CT molecular complexity index is 199. The minimum atomic E-state index is -3.00. The first-order valence-corrected chi connectivity index (χ1v) is 5.15. The minimum absolute atomic E-state index is 0. The van der Waals surface area contributed by atoms with E-state index >= 15 is 0 Å². The molecule has 1 rings (SSSR count). The summed E-state index contributed by atoms with van der Waals surface area (Å²) in [5.74, 6) is 0. The highest BCUT2D eigenvalue weighted by Gasteiger charge is 2.17. The predicted molar refractivity (Wildman–Crippen MR) is 46.5 cm³/mol. The maximum Gasteiger partial charge on any atom is 0.208 e. The second-order valence-electron chi connectivity index (χ2n) is 2.58. The molecule has 1 unspecified atom stereocenters. The van der Waals surface area contributed by atoms with Crippen LogP contribution in [0.15, 0.2) is 0 Å². The Balaban J connectivity index is 0.000001000. The number of sulfonamides is 1. The average molecular weight is 201 g/mol. The van der Waals surface area contributed by atoms with Crippen molar-refractivity contribution >= 4 is 22.4 Å². The van der Waals surface area contributed by atoms with Crippen molar-refractivity contribution in [2.45, 2.75) is 12.5 Å². The van der Waals surface area contributed by atoms with Crippen LogP contribution in [-0.4, -0.2) is 33.8 Å². The maximum atomic E-state index is 10.6. The van der Waals surface area contributed by atoms with E-state index < -0.39 is 10.0 Å². The summed E-state index contributed by atoms with van der Waals surface area (Å²) < 4.78 is 23.8. The van der Waals surface area contributed by atoms with E-state index in [1.165, 1.54) is 6.26 Å². The fraction of sp³-hybridized carbons (Fsp3) is 1.00. The van der Waals surface area contributed by atoms with E-state index in [0.717, 1.165) is 19.5 Å². The zero-order chi connectivity index (χ0) is 7.61. The van der Waals surface area contributed by atoms with E-state index in [9.17, 15) is 8.42 Å². The Labute approximate surface area is 73.2 Å². The Morgan fingerprint density at radius 1 is 1.55 bits per heavy atom. The highest BCUT2D eigenvalue weighted by atomic mass is 35.5. The molecule has 1 fully saturated rings. The van der Waals surface area contributed by atoms with Crippen LogP contribution in [-0.2, 0) is 10.0 Å². The van der Waals surface area contributed by atoms with Crippen LogP contribution in [0.1, 0.15) is 6.42 Å². The first-order valence-electron chi connectivity index (χ1n) is 3.26. The molecule has 1 aliphatic heterocycles. The number of halogens is 1. The molecule has 0 saturated carbocycles. The normalized spacial score (nSPS) is 24.6. The summed E-state index contributed by atoms with van der Waals surface area (Å²) in [5, 5.41) is 3.07.